The smallest absolute Gasteiger partial charge is 0.339 e. The standard InChI is InChI=1S/C20H28O4/c1-4-5-6-9-14-23-19(21)17-12-7-8-13-18(17)20(22)24-15-10-11-16(2)3/h5-8,12-13,16H,4,9-11,14-15H2,1-3H3/b6-5-. The summed E-state index contributed by atoms with van der Waals surface area (Å²) in [6.45, 7) is 6.96. The molecule has 0 unspecified atom stereocenters. The first-order chi connectivity index (χ1) is 11.6. The number of carbonyl (C=O) groups is 2. The molecule has 4 nitrogen and oxygen atoms in total. The van der Waals surface area contributed by atoms with E-state index >= 15 is 0 Å². The average Bonchev–Trinajstić information content (AvgIpc) is 2.58. The number of carbonyl (C=O) groups excluding carboxylic acids is 2. The first-order valence-corrected chi connectivity index (χ1v) is 8.64. The summed E-state index contributed by atoms with van der Waals surface area (Å²) in [5, 5.41) is 0. The molecule has 4 heteroatoms. The minimum atomic E-state index is -0.491. The van der Waals surface area contributed by atoms with Gasteiger partial charge < -0.3 is 9.47 Å². The quantitative estimate of drug-likeness (QED) is 0.351. The van der Waals surface area contributed by atoms with Gasteiger partial charge in [0, 0.05) is 0 Å². The first kappa shape index (κ1) is 19.9. The number of ether oxygens (including phenoxy) is 2. The predicted molar refractivity (Wildman–Crippen MR) is 95.1 cm³/mol. The summed E-state index contributed by atoms with van der Waals surface area (Å²) in [4.78, 5) is 24.4. The molecule has 0 radical (unpaired) electrons. The molecule has 0 amide bonds. The number of hydrogen-bond acceptors (Lipinski definition) is 4. The fourth-order valence-electron chi connectivity index (χ4n) is 2.16. The summed E-state index contributed by atoms with van der Waals surface area (Å²) in [7, 11) is 0. The highest BCUT2D eigenvalue weighted by Gasteiger charge is 2.18. The summed E-state index contributed by atoms with van der Waals surface area (Å²) in [6, 6.07) is 6.61. The Balaban J connectivity index is 2.58. The molecule has 24 heavy (non-hydrogen) atoms. The van der Waals surface area contributed by atoms with E-state index < -0.39 is 11.9 Å². The summed E-state index contributed by atoms with van der Waals surface area (Å²) >= 11 is 0. The lowest BCUT2D eigenvalue weighted by Crippen LogP contribution is -2.15. The van der Waals surface area contributed by atoms with Gasteiger partial charge in [-0.2, -0.15) is 0 Å². The Bertz CT molecular complexity index is 546. The fraction of sp³-hybridized carbons (Fsp3) is 0.500. The van der Waals surface area contributed by atoms with Gasteiger partial charge in [-0.3, -0.25) is 0 Å². The lowest BCUT2D eigenvalue weighted by Gasteiger charge is -2.10. The van der Waals surface area contributed by atoms with Crippen LogP contribution in [0.5, 0.6) is 0 Å². The molecular formula is C20H28O4. The van der Waals surface area contributed by atoms with E-state index in [1.807, 2.05) is 19.1 Å². The molecule has 0 aliphatic heterocycles. The summed E-state index contributed by atoms with van der Waals surface area (Å²) in [5.74, 6) is -0.389. The molecular weight excluding hydrogens is 304 g/mol. The molecule has 0 aliphatic rings. The maximum absolute atomic E-state index is 12.2. The maximum Gasteiger partial charge on any atom is 0.339 e. The van der Waals surface area contributed by atoms with E-state index in [-0.39, 0.29) is 11.1 Å². The van der Waals surface area contributed by atoms with Crippen molar-refractivity contribution >= 4 is 11.9 Å². The zero-order chi connectivity index (χ0) is 17.8. The van der Waals surface area contributed by atoms with Crippen LogP contribution in [0.3, 0.4) is 0 Å². The van der Waals surface area contributed by atoms with E-state index in [0.717, 1.165) is 19.3 Å². The van der Waals surface area contributed by atoms with Gasteiger partial charge in [0.2, 0.25) is 0 Å². The van der Waals surface area contributed by atoms with E-state index in [0.29, 0.717) is 25.6 Å². The van der Waals surface area contributed by atoms with Crippen molar-refractivity contribution in [3.63, 3.8) is 0 Å². The normalized spacial score (nSPS) is 11.0. The maximum atomic E-state index is 12.2. The Hall–Kier alpha value is -2.10. The van der Waals surface area contributed by atoms with Crippen molar-refractivity contribution in [2.24, 2.45) is 5.92 Å². The first-order valence-electron chi connectivity index (χ1n) is 8.64. The van der Waals surface area contributed by atoms with E-state index in [2.05, 4.69) is 13.8 Å². The second-order valence-electron chi connectivity index (χ2n) is 6.02. The molecule has 0 atom stereocenters. The zero-order valence-corrected chi connectivity index (χ0v) is 14.9. The highest BCUT2D eigenvalue weighted by Crippen LogP contribution is 2.13. The monoisotopic (exact) mass is 332 g/mol. The third-order valence-corrected chi connectivity index (χ3v) is 3.45. The van der Waals surface area contributed by atoms with Gasteiger partial charge in [-0.1, -0.05) is 45.1 Å². The van der Waals surface area contributed by atoms with Crippen molar-refractivity contribution in [1.82, 2.24) is 0 Å². The second kappa shape index (κ2) is 11.4. The largest absolute Gasteiger partial charge is 0.462 e. The van der Waals surface area contributed by atoms with Crippen LogP contribution in [0.25, 0.3) is 0 Å². The molecule has 0 N–H and O–H groups in total. The van der Waals surface area contributed by atoms with Crippen molar-refractivity contribution in [3.05, 3.63) is 47.5 Å². The molecule has 0 saturated heterocycles. The van der Waals surface area contributed by atoms with E-state index in [1.165, 1.54) is 0 Å². The average molecular weight is 332 g/mol. The number of esters is 2. The van der Waals surface area contributed by atoms with Crippen molar-refractivity contribution in [2.45, 2.75) is 46.5 Å². The van der Waals surface area contributed by atoms with Crippen LogP contribution in [0, 0.1) is 5.92 Å². The summed E-state index contributed by atoms with van der Waals surface area (Å²) in [5.41, 5.74) is 0.516. The Morgan fingerprint density at radius 3 is 2.12 bits per heavy atom. The van der Waals surface area contributed by atoms with Gasteiger partial charge in [0.15, 0.2) is 0 Å². The Morgan fingerprint density at radius 1 is 1.00 bits per heavy atom. The van der Waals surface area contributed by atoms with Crippen LogP contribution >= 0.6 is 0 Å². The van der Waals surface area contributed by atoms with Crippen LogP contribution in [0.15, 0.2) is 36.4 Å². The van der Waals surface area contributed by atoms with Crippen LogP contribution < -0.4 is 0 Å². The van der Waals surface area contributed by atoms with Crippen LogP contribution in [0.2, 0.25) is 0 Å². The summed E-state index contributed by atoms with van der Waals surface area (Å²) in [6.07, 6.45) is 7.45. The van der Waals surface area contributed by atoms with Crippen molar-refractivity contribution in [2.75, 3.05) is 13.2 Å². The van der Waals surface area contributed by atoms with Crippen molar-refractivity contribution < 1.29 is 19.1 Å². The Kier molecular flexibility index (Phi) is 9.51. The number of hydrogen-bond donors (Lipinski definition) is 0. The van der Waals surface area contributed by atoms with Gasteiger partial charge in [-0.05, 0) is 43.7 Å². The molecule has 1 rings (SSSR count). The molecule has 0 saturated carbocycles. The number of benzene rings is 1. The minimum Gasteiger partial charge on any atom is -0.462 e. The third kappa shape index (κ3) is 7.44. The lowest BCUT2D eigenvalue weighted by molar-refractivity contribution is 0.0455. The fourth-order valence-corrected chi connectivity index (χ4v) is 2.16. The van der Waals surface area contributed by atoms with E-state index in [9.17, 15) is 9.59 Å². The highest BCUT2D eigenvalue weighted by molar-refractivity contribution is 6.03. The third-order valence-electron chi connectivity index (χ3n) is 3.45. The predicted octanol–water partition coefficient (Wildman–Crippen LogP) is 4.79. The lowest BCUT2D eigenvalue weighted by atomic mass is 10.1. The highest BCUT2D eigenvalue weighted by atomic mass is 16.5. The number of rotatable bonds is 10. The van der Waals surface area contributed by atoms with E-state index in [4.69, 9.17) is 9.47 Å². The van der Waals surface area contributed by atoms with E-state index in [1.54, 1.807) is 24.3 Å². The van der Waals surface area contributed by atoms with Crippen molar-refractivity contribution in [3.8, 4) is 0 Å². The van der Waals surface area contributed by atoms with Gasteiger partial charge in [-0.25, -0.2) is 9.59 Å². The number of allylic oxidation sites excluding steroid dienone is 1. The SMILES string of the molecule is CC/C=C\CCOC(=O)c1ccccc1C(=O)OCCCC(C)C. The summed E-state index contributed by atoms with van der Waals surface area (Å²) < 4.78 is 10.5. The molecule has 0 aliphatic carbocycles. The molecule has 1 aromatic carbocycles. The van der Waals surface area contributed by atoms with Crippen LogP contribution in [-0.2, 0) is 9.47 Å². The van der Waals surface area contributed by atoms with Gasteiger partial charge >= 0.3 is 11.9 Å². The Morgan fingerprint density at radius 2 is 1.58 bits per heavy atom. The molecule has 132 valence electrons. The molecule has 0 heterocycles. The van der Waals surface area contributed by atoms with Crippen molar-refractivity contribution in [1.29, 1.82) is 0 Å². The minimum absolute atomic E-state index is 0.255. The molecule has 0 spiro atoms. The molecule has 0 aromatic heterocycles. The Labute approximate surface area is 144 Å². The van der Waals surface area contributed by atoms with Crippen LogP contribution in [0.1, 0.15) is 67.2 Å². The molecule has 0 bridgehead atoms. The van der Waals surface area contributed by atoms with Gasteiger partial charge in [0.25, 0.3) is 0 Å². The zero-order valence-electron chi connectivity index (χ0n) is 14.9. The van der Waals surface area contributed by atoms with Gasteiger partial charge in [0.05, 0.1) is 24.3 Å². The van der Waals surface area contributed by atoms with Crippen LogP contribution in [0.4, 0.5) is 0 Å². The topological polar surface area (TPSA) is 52.6 Å². The van der Waals surface area contributed by atoms with Gasteiger partial charge in [0.1, 0.15) is 0 Å². The van der Waals surface area contributed by atoms with Crippen LogP contribution in [-0.4, -0.2) is 25.2 Å². The second-order valence-corrected chi connectivity index (χ2v) is 6.02. The molecule has 1 aromatic rings. The molecule has 0 fully saturated rings. The van der Waals surface area contributed by atoms with Gasteiger partial charge in [-0.15, -0.1) is 0 Å².